The lowest BCUT2D eigenvalue weighted by Crippen LogP contribution is -1.87. The molecule has 1 N–H and O–H groups in total. The third kappa shape index (κ3) is 3.09. The summed E-state index contributed by atoms with van der Waals surface area (Å²) in [4.78, 5) is 3.70. The summed E-state index contributed by atoms with van der Waals surface area (Å²) in [6.07, 6.45) is 5.69. The zero-order chi connectivity index (χ0) is 11.1. The zero-order valence-corrected chi connectivity index (χ0v) is 9.20. The van der Waals surface area contributed by atoms with Crippen molar-refractivity contribution in [1.29, 1.82) is 0 Å². The van der Waals surface area contributed by atoms with Gasteiger partial charge in [0.05, 0.1) is 0 Å². The van der Waals surface area contributed by atoms with Crippen LogP contribution >= 0.6 is 0 Å². The Morgan fingerprint density at radius 2 is 2.00 bits per heavy atom. The van der Waals surface area contributed by atoms with Crippen molar-refractivity contribution in [3.8, 4) is 0 Å². The SMILES string of the molecule is C=N/C=C\C(=C/C)c1ccc(NC)cc1. The summed E-state index contributed by atoms with van der Waals surface area (Å²) in [6.45, 7) is 5.42. The van der Waals surface area contributed by atoms with Crippen LogP contribution in [0.3, 0.4) is 0 Å². The van der Waals surface area contributed by atoms with Gasteiger partial charge in [-0.2, -0.15) is 0 Å². The molecular formula is C13H16N2. The number of allylic oxidation sites excluding steroid dienone is 3. The second-order valence-electron chi connectivity index (χ2n) is 3.07. The molecule has 0 aliphatic carbocycles. The first-order valence-electron chi connectivity index (χ1n) is 4.88. The summed E-state index contributed by atoms with van der Waals surface area (Å²) in [5.74, 6) is 0. The zero-order valence-electron chi connectivity index (χ0n) is 9.20. The van der Waals surface area contributed by atoms with Gasteiger partial charge in [-0.15, -0.1) is 0 Å². The molecule has 1 aromatic rings. The fraction of sp³-hybridized carbons (Fsp3) is 0.154. The maximum atomic E-state index is 3.70. The highest BCUT2D eigenvalue weighted by Crippen LogP contribution is 2.18. The number of hydrogen-bond donors (Lipinski definition) is 1. The van der Waals surface area contributed by atoms with E-state index in [-0.39, 0.29) is 0 Å². The van der Waals surface area contributed by atoms with Crippen LogP contribution in [-0.4, -0.2) is 13.8 Å². The Labute approximate surface area is 91.1 Å². The normalized spacial score (nSPS) is 11.7. The van der Waals surface area contributed by atoms with Crippen LogP contribution in [0.5, 0.6) is 0 Å². The van der Waals surface area contributed by atoms with Crippen LogP contribution in [0.1, 0.15) is 12.5 Å². The quantitative estimate of drug-likeness (QED) is 0.585. The Bertz CT molecular complexity index is 372. The van der Waals surface area contributed by atoms with Crippen LogP contribution in [0.4, 0.5) is 5.69 Å². The number of nitrogens with one attached hydrogen (secondary N) is 1. The van der Waals surface area contributed by atoms with Crippen LogP contribution < -0.4 is 5.32 Å². The Kier molecular flexibility index (Phi) is 4.35. The second-order valence-corrected chi connectivity index (χ2v) is 3.07. The molecule has 0 radical (unpaired) electrons. The van der Waals surface area contributed by atoms with Crippen molar-refractivity contribution >= 4 is 18.0 Å². The van der Waals surface area contributed by atoms with Crippen LogP contribution in [0.25, 0.3) is 5.57 Å². The molecule has 0 fully saturated rings. The monoisotopic (exact) mass is 200 g/mol. The maximum Gasteiger partial charge on any atom is 0.0337 e. The molecule has 0 saturated heterocycles. The number of nitrogens with zero attached hydrogens (tertiary/aromatic N) is 1. The lowest BCUT2D eigenvalue weighted by molar-refractivity contribution is 1.49. The Balaban J connectivity index is 2.93. The van der Waals surface area contributed by atoms with Gasteiger partial charge in [0.1, 0.15) is 0 Å². The van der Waals surface area contributed by atoms with Crippen molar-refractivity contribution in [2.45, 2.75) is 6.92 Å². The number of rotatable bonds is 4. The molecule has 2 nitrogen and oxygen atoms in total. The molecule has 0 heterocycles. The third-order valence-corrected chi connectivity index (χ3v) is 2.18. The molecule has 0 unspecified atom stereocenters. The molecule has 1 aromatic carbocycles. The fourth-order valence-corrected chi connectivity index (χ4v) is 1.32. The molecule has 0 aliphatic rings. The van der Waals surface area contributed by atoms with Crippen molar-refractivity contribution in [3.05, 3.63) is 48.2 Å². The van der Waals surface area contributed by atoms with E-state index in [4.69, 9.17) is 0 Å². The van der Waals surface area contributed by atoms with E-state index in [1.54, 1.807) is 6.20 Å². The van der Waals surface area contributed by atoms with E-state index in [1.807, 2.05) is 32.2 Å². The summed E-state index contributed by atoms with van der Waals surface area (Å²) in [5.41, 5.74) is 3.43. The third-order valence-electron chi connectivity index (χ3n) is 2.18. The Morgan fingerprint density at radius 3 is 2.47 bits per heavy atom. The first-order chi connectivity index (χ1) is 7.31. The molecule has 15 heavy (non-hydrogen) atoms. The van der Waals surface area contributed by atoms with E-state index in [2.05, 4.69) is 35.2 Å². The average molecular weight is 200 g/mol. The topological polar surface area (TPSA) is 24.4 Å². The number of hydrogen-bond acceptors (Lipinski definition) is 2. The highest BCUT2D eigenvalue weighted by atomic mass is 14.8. The van der Waals surface area contributed by atoms with Crippen molar-refractivity contribution < 1.29 is 0 Å². The number of aliphatic imine (C=N–C) groups is 1. The Hall–Kier alpha value is -1.83. The molecule has 0 spiro atoms. The van der Waals surface area contributed by atoms with Crippen molar-refractivity contribution in [1.82, 2.24) is 0 Å². The van der Waals surface area contributed by atoms with Crippen LogP contribution in [0, 0.1) is 0 Å². The molecule has 78 valence electrons. The molecular weight excluding hydrogens is 184 g/mol. The lowest BCUT2D eigenvalue weighted by Gasteiger charge is -2.04. The number of anilines is 1. The summed E-state index contributed by atoms with van der Waals surface area (Å²) in [7, 11) is 1.91. The number of benzene rings is 1. The summed E-state index contributed by atoms with van der Waals surface area (Å²) in [6, 6.07) is 8.26. The van der Waals surface area contributed by atoms with Crippen molar-refractivity contribution in [2.75, 3.05) is 12.4 Å². The van der Waals surface area contributed by atoms with Gasteiger partial charge in [-0.3, -0.25) is 4.99 Å². The Morgan fingerprint density at radius 1 is 1.33 bits per heavy atom. The smallest absolute Gasteiger partial charge is 0.0337 e. The lowest BCUT2D eigenvalue weighted by atomic mass is 10.1. The first-order valence-corrected chi connectivity index (χ1v) is 4.88. The van der Waals surface area contributed by atoms with Gasteiger partial charge in [0, 0.05) is 18.9 Å². The molecule has 0 aromatic heterocycles. The molecule has 1 rings (SSSR count). The highest BCUT2D eigenvalue weighted by molar-refractivity contribution is 5.74. The van der Waals surface area contributed by atoms with Crippen LogP contribution in [0.2, 0.25) is 0 Å². The standard InChI is InChI=1S/C13H16N2/c1-4-11(9-10-14-2)12-5-7-13(15-3)8-6-12/h4-10,15H,2H2,1,3H3/b10-9-,11-4+. The largest absolute Gasteiger partial charge is 0.388 e. The molecule has 0 saturated carbocycles. The molecule has 0 aliphatic heterocycles. The van der Waals surface area contributed by atoms with Crippen molar-refractivity contribution in [2.24, 2.45) is 4.99 Å². The van der Waals surface area contributed by atoms with Gasteiger partial charge < -0.3 is 5.32 Å². The summed E-state index contributed by atoms with van der Waals surface area (Å²) in [5, 5.41) is 3.09. The minimum absolute atomic E-state index is 1.11. The summed E-state index contributed by atoms with van der Waals surface area (Å²) >= 11 is 0. The predicted octanol–water partition coefficient (Wildman–Crippen LogP) is 3.35. The van der Waals surface area contributed by atoms with E-state index in [0.29, 0.717) is 0 Å². The van der Waals surface area contributed by atoms with Gasteiger partial charge >= 0.3 is 0 Å². The molecule has 0 bridgehead atoms. The van der Waals surface area contributed by atoms with E-state index < -0.39 is 0 Å². The summed E-state index contributed by atoms with van der Waals surface area (Å²) < 4.78 is 0. The first kappa shape index (κ1) is 11.2. The minimum Gasteiger partial charge on any atom is -0.388 e. The van der Waals surface area contributed by atoms with Crippen LogP contribution in [-0.2, 0) is 0 Å². The van der Waals surface area contributed by atoms with Gasteiger partial charge in [-0.25, -0.2) is 0 Å². The van der Waals surface area contributed by atoms with E-state index in [9.17, 15) is 0 Å². The molecule has 0 amide bonds. The van der Waals surface area contributed by atoms with Crippen molar-refractivity contribution in [3.63, 3.8) is 0 Å². The van der Waals surface area contributed by atoms with Gasteiger partial charge in [-0.1, -0.05) is 18.2 Å². The van der Waals surface area contributed by atoms with Crippen LogP contribution in [0.15, 0.2) is 47.6 Å². The van der Waals surface area contributed by atoms with Gasteiger partial charge in [0.2, 0.25) is 0 Å². The van der Waals surface area contributed by atoms with E-state index in [1.165, 1.54) is 5.56 Å². The predicted molar refractivity (Wildman–Crippen MR) is 68.3 cm³/mol. The fourth-order valence-electron chi connectivity index (χ4n) is 1.32. The average Bonchev–Trinajstić information content (AvgIpc) is 2.31. The second kappa shape index (κ2) is 5.81. The van der Waals surface area contributed by atoms with Gasteiger partial charge in [0.25, 0.3) is 0 Å². The van der Waals surface area contributed by atoms with Gasteiger partial charge in [-0.05, 0) is 43.0 Å². The maximum absolute atomic E-state index is 3.70. The highest BCUT2D eigenvalue weighted by Gasteiger charge is 1.96. The minimum atomic E-state index is 1.11. The van der Waals surface area contributed by atoms with E-state index >= 15 is 0 Å². The molecule has 0 atom stereocenters. The van der Waals surface area contributed by atoms with Gasteiger partial charge in [0.15, 0.2) is 0 Å². The molecule has 2 heteroatoms. The van der Waals surface area contributed by atoms with E-state index in [0.717, 1.165) is 11.3 Å².